The van der Waals surface area contributed by atoms with E-state index in [9.17, 15) is 23.2 Å². The lowest BCUT2D eigenvalue weighted by molar-refractivity contribution is -0.122. The van der Waals surface area contributed by atoms with Crippen molar-refractivity contribution in [2.24, 2.45) is 0 Å². The van der Waals surface area contributed by atoms with Gasteiger partial charge >= 0.3 is 6.03 Å². The zero-order valence-electron chi connectivity index (χ0n) is 17.9. The Hall–Kier alpha value is -3.89. The van der Waals surface area contributed by atoms with Gasteiger partial charge in [0.1, 0.15) is 0 Å². The van der Waals surface area contributed by atoms with E-state index in [2.05, 4.69) is 20.7 Å². The van der Waals surface area contributed by atoms with Crippen LogP contribution in [-0.2, 0) is 4.79 Å². The van der Waals surface area contributed by atoms with E-state index in [1.807, 2.05) is 18.2 Å². The molecule has 34 heavy (non-hydrogen) atoms. The molecule has 3 aliphatic rings. The Morgan fingerprint density at radius 1 is 1.12 bits per heavy atom. The molecule has 2 saturated heterocycles. The number of nitrogens with zero attached hydrogens (tertiary/aromatic N) is 4. The van der Waals surface area contributed by atoms with E-state index in [4.69, 9.17) is 0 Å². The van der Waals surface area contributed by atoms with Crippen LogP contribution >= 0.6 is 0 Å². The molecule has 0 radical (unpaired) electrons. The van der Waals surface area contributed by atoms with Gasteiger partial charge in [0, 0.05) is 30.1 Å². The van der Waals surface area contributed by atoms with Crippen molar-refractivity contribution in [3.63, 3.8) is 0 Å². The van der Waals surface area contributed by atoms with Gasteiger partial charge in [-0.2, -0.15) is 5.10 Å². The third-order valence-corrected chi connectivity index (χ3v) is 6.69. The van der Waals surface area contributed by atoms with Crippen LogP contribution in [0.5, 0.6) is 0 Å². The number of carbonyl (C=O) groups is 3. The summed E-state index contributed by atoms with van der Waals surface area (Å²) >= 11 is 0. The summed E-state index contributed by atoms with van der Waals surface area (Å²) in [7, 11) is 0. The van der Waals surface area contributed by atoms with E-state index in [0.717, 1.165) is 22.4 Å². The molecule has 4 heterocycles. The highest BCUT2D eigenvalue weighted by atomic mass is 19.3. The minimum atomic E-state index is -2.79. The van der Waals surface area contributed by atoms with E-state index < -0.39 is 36.9 Å². The number of aromatic nitrogens is 3. The Morgan fingerprint density at radius 3 is 2.59 bits per heavy atom. The number of hydrogen-bond acceptors (Lipinski definition) is 5. The number of carbonyl (C=O) groups excluding carboxylic acids is 3. The number of imidazole rings is 1. The molecular formula is C23H20F2N6O3. The second-order valence-electron chi connectivity index (χ2n) is 9.06. The number of amides is 4. The molecule has 1 unspecified atom stereocenters. The first-order valence-corrected chi connectivity index (χ1v) is 11.0. The quantitative estimate of drug-likeness (QED) is 0.612. The molecule has 4 amide bonds. The molecule has 2 N–H and O–H groups in total. The molecule has 1 aromatic carbocycles. The average molecular weight is 466 g/mol. The van der Waals surface area contributed by atoms with Crippen LogP contribution in [0.15, 0.2) is 42.7 Å². The van der Waals surface area contributed by atoms with E-state index in [1.54, 1.807) is 29.0 Å². The van der Waals surface area contributed by atoms with E-state index in [0.29, 0.717) is 16.9 Å². The molecule has 1 saturated carbocycles. The maximum Gasteiger partial charge on any atom is 0.321 e. The van der Waals surface area contributed by atoms with Gasteiger partial charge in [-0.15, -0.1) is 0 Å². The van der Waals surface area contributed by atoms with Crippen molar-refractivity contribution >= 4 is 23.5 Å². The summed E-state index contributed by atoms with van der Waals surface area (Å²) in [5.41, 5.74) is 3.66. The predicted octanol–water partition coefficient (Wildman–Crippen LogP) is 2.01. The van der Waals surface area contributed by atoms with E-state index in [1.165, 1.54) is 0 Å². The molecule has 1 aliphatic carbocycles. The predicted molar refractivity (Wildman–Crippen MR) is 115 cm³/mol. The van der Waals surface area contributed by atoms with Crippen molar-refractivity contribution < 1.29 is 23.2 Å². The topological polar surface area (TPSA) is 109 Å². The second-order valence-corrected chi connectivity index (χ2v) is 9.06. The second kappa shape index (κ2) is 7.31. The molecule has 3 atom stereocenters. The maximum atomic E-state index is 13.1. The lowest BCUT2D eigenvalue weighted by Crippen LogP contribution is -2.58. The number of halogens is 2. The number of fused-ring (bicyclic) bond motifs is 1. The normalized spacial score (nSPS) is 25.5. The highest BCUT2D eigenvalue weighted by Gasteiger charge is 2.46. The Kier molecular flexibility index (Phi) is 4.45. The van der Waals surface area contributed by atoms with Gasteiger partial charge in [0.2, 0.25) is 5.91 Å². The summed E-state index contributed by atoms with van der Waals surface area (Å²) in [5.74, 6) is -3.81. The fourth-order valence-electron chi connectivity index (χ4n) is 4.79. The minimum absolute atomic E-state index is 0.156. The SMILES string of the molecule is O=C1NCC(c2cc([C@H]3C[C@@H]3c3ccc(C(=O)N4CC(F)(F)C4)cc3)c3nccn3n2)C(=O)N1. The average Bonchev–Trinajstić information content (AvgIpc) is 3.44. The summed E-state index contributed by atoms with van der Waals surface area (Å²) < 4.78 is 27.8. The number of hydrogen-bond donors (Lipinski definition) is 2. The molecular weight excluding hydrogens is 446 g/mol. The number of imide groups is 1. The first-order valence-electron chi connectivity index (χ1n) is 11.0. The number of benzene rings is 1. The van der Waals surface area contributed by atoms with Gasteiger partial charge in [-0.3, -0.25) is 14.9 Å². The minimum Gasteiger partial charge on any atom is -0.337 e. The fourth-order valence-corrected chi connectivity index (χ4v) is 4.79. The smallest absolute Gasteiger partial charge is 0.321 e. The molecule has 2 aromatic heterocycles. The molecule has 0 bridgehead atoms. The summed E-state index contributed by atoms with van der Waals surface area (Å²) in [4.78, 5) is 41.7. The summed E-state index contributed by atoms with van der Waals surface area (Å²) in [6.45, 7) is -0.902. The highest BCUT2D eigenvalue weighted by Crippen LogP contribution is 2.55. The van der Waals surface area contributed by atoms with Crippen molar-refractivity contribution in [3.05, 3.63) is 65.1 Å². The molecule has 3 aromatic rings. The van der Waals surface area contributed by atoms with E-state index in [-0.39, 0.29) is 24.3 Å². The Balaban J connectivity index is 1.23. The highest BCUT2D eigenvalue weighted by molar-refractivity contribution is 6.00. The zero-order valence-corrected chi connectivity index (χ0v) is 17.9. The number of nitrogens with one attached hydrogen (secondary N) is 2. The molecule has 6 rings (SSSR count). The number of alkyl halides is 2. The third-order valence-electron chi connectivity index (χ3n) is 6.69. The third kappa shape index (κ3) is 3.47. The van der Waals surface area contributed by atoms with Crippen LogP contribution in [-0.4, -0.2) is 62.9 Å². The first-order chi connectivity index (χ1) is 16.3. The number of likely N-dealkylation sites (tertiary alicyclic amines) is 1. The van der Waals surface area contributed by atoms with Gasteiger partial charge in [-0.05, 0) is 42.0 Å². The van der Waals surface area contributed by atoms with Gasteiger partial charge < -0.3 is 10.2 Å². The maximum absolute atomic E-state index is 13.1. The molecule has 11 heteroatoms. The molecule has 2 aliphatic heterocycles. The number of rotatable bonds is 4. The van der Waals surface area contributed by atoms with Crippen LogP contribution in [0.25, 0.3) is 5.65 Å². The molecule has 174 valence electrons. The van der Waals surface area contributed by atoms with E-state index >= 15 is 0 Å². The largest absolute Gasteiger partial charge is 0.337 e. The molecule has 9 nitrogen and oxygen atoms in total. The van der Waals surface area contributed by atoms with Crippen molar-refractivity contribution in [2.75, 3.05) is 19.6 Å². The Bertz CT molecular complexity index is 1330. The standard InChI is InChI=1S/C23H20F2N6O3/c24-23(25)10-30(11-23)21(33)13-3-1-12(2-4-13)14-7-15(14)16-8-18(29-31-6-5-26-19(16)31)17-9-27-22(34)28-20(17)32/h1-6,8,14-15,17H,7,9-11H2,(H2,27,28,32,34)/t14-,15+,17?/m1/s1. The van der Waals surface area contributed by atoms with Gasteiger partial charge in [-0.25, -0.2) is 23.1 Å². The van der Waals surface area contributed by atoms with Gasteiger partial charge in [0.25, 0.3) is 11.8 Å². The van der Waals surface area contributed by atoms with Crippen LogP contribution in [0.2, 0.25) is 0 Å². The van der Waals surface area contributed by atoms with Crippen LogP contribution in [0.1, 0.15) is 51.4 Å². The fraction of sp³-hybridized carbons (Fsp3) is 0.348. The Morgan fingerprint density at radius 2 is 1.88 bits per heavy atom. The van der Waals surface area contributed by atoms with Crippen molar-refractivity contribution in [1.82, 2.24) is 30.1 Å². The van der Waals surface area contributed by atoms with Crippen molar-refractivity contribution in [2.45, 2.75) is 30.1 Å². The lowest BCUT2D eigenvalue weighted by atomic mass is 9.98. The van der Waals surface area contributed by atoms with Gasteiger partial charge in [0.15, 0.2) is 5.65 Å². The first kappa shape index (κ1) is 20.7. The van der Waals surface area contributed by atoms with Crippen LogP contribution in [0.4, 0.5) is 13.6 Å². The van der Waals surface area contributed by atoms with Gasteiger partial charge in [0.05, 0.1) is 24.7 Å². The zero-order chi connectivity index (χ0) is 23.6. The summed E-state index contributed by atoms with van der Waals surface area (Å²) in [6, 6.07) is 8.47. The molecule has 3 fully saturated rings. The van der Waals surface area contributed by atoms with Crippen molar-refractivity contribution in [1.29, 1.82) is 0 Å². The summed E-state index contributed by atoms with van der Waals surface area (Å²) in [5, 5.41) is 9.43. The van der Waals surface area contributed by atoms with Gasteiger partial charge in [-0.1, -0.05) is 12.1 Å². The monoisotopic (exact) mass is 466 g/mol. The molecule has 0 spiro atoms. The number of urea groups is 1. The van der Waals surface area contributed by atoms with Crippen LogP contribution < -0.4 is 10.6 Å². The lowest BCUT2D eigenvalue weighted by Gasteiger charge is -2.38. The van der Waals surface area contributed by atoms with Crippen molar-refractivity contribution in [3.8, 4) is 0 Å². The Labute approximate surface area is 192 Å². The van der Waals surface area contributed by atoms with Crippen LogP contribution in [0.3, 0.4) is 0 Å². The summed E-state index contributed by atoms with van der Waals surface area (Å²) in [6.07, 6.45) is 4.24. The van der Waals surface area contributed by atoms with Crippen LogP contribution in [0, 0.1) is 0 Å².